The molecule has 0 amide bonds. The highest BCUT2D eigenvalue weighted by Crippen LogP contribution is 2.37. The van der Waals surface area contributed by atoms with Gasteiger partial charge in [0, 0.05) is 6.04 Å². The summed E-state index contributed by atoms with van der Waals surface area (Å²) in [6, 6.07) is 4.88. The molecule has 2 N–H and O–H groups in total. The molecule has 1 aliphatic rings. The summed E-state index contributed by atoms with van der Waals surface area (Å²) in [6.07, 6.45) is 3.59. The highest BCUT2D eigenvalue weighted by atomic mass is 19.1. The van der Waals surface area contributed by atoms with Gasteiger partial charge in [-0.3, -0.25) is 0 Å². The van der Waals surface area contributed by atoms with Gasteiger partial charge in [-0.2, -0.15) is 0 Å². The van der Waals surface area contributed by atoms with E-state index in [0.29, 0.717) is 0 Å². The topological polar surface area (TPSA) is 26.0 Å². The summed E-state index contributed by atoms with van der Waals surface area (Å²) in [5.41, 5.74) is 8.11. The molecule has 14 heavy (non-hydrogen) atoms. The lowest BCUT2D eigenvalue weighted by molar-refractivity contribution is 0.580. The number of hydrogen-bond donors (Lipinski definition) is 1. The Hall–Kier alpha value is -0.890. The minimum Gasteiger partial charge on any atom is -0.324 e. The van der Waals surface area contributed by atoms with Crippen LogP contribution in [-0.4, -0.2) is 0 Å². The van der Waals surface area contributed by atoms with Gasteiger partial charge in [-0.1, -0.05) is 18.9 Å². The number of rotatable bonds is 3. The lowest BCUT2D eigenvalue weighted by Crippen LogP contribution is -2.12. The summed E-state index contributed by atoms with van der Waals surface area (Å²) in [6.45, 7) is 1.99. The number of nitrogens with two attached hydrogens (primary N) is 1. The molecule has 0 aliphatic heterocycles. The van der Waals surface area contributed by atoms with Crippen LogP contribution < -0.4 is 5.73 Å². The molecule has 1 atom stereocenters. The summed E-state index contributed by atoms with van der Waals surface area (Å²) < 4.78 is 13.0. The average Bonchev–Trinajstić information content (AvgIpc) is 2.93. The van der Waals surface area contributed by atoms with E-state index in [4.69, 9.17) is 5.73 Å². The SMILES string of the molecule is Cc1ccc(F)cc1[C@H](N)CC1CC1. The fourth-order valence-electron chi connectivity index (χ4n) is 1.85. The second kappa shape index (κ2) is 3.70. The Morgan fingerprint density at radius 1 is 1.50 bits per heavy atom. The van der Waals surface area contributed by atoms with E-state index in [1.807, 2.05) is 6.92 Å². The standard InChI is InChI=1S/C12H16FN/c1-8-2-5-10(13)7-11(8)12(14)6-9-3-4-9/h2,5,7,9,12H,3-4,6,14H2,1H3/t12-/m1/s1. The Morgan fingerprint density at radius 2 is 2.21 bits per heavy atom. The van der Waals surface area contributed by atoms with Crippen molar-refractivity contribution in [1.82, 2.24) is 0 Å². The molecule has 1 fully saturated rings. The Morgan fingerprint density at radius 3 is 2.86 bits per heavy atom. The molecule has 0 spiro atoms. The zero-order valence-corrected chi connectivity index (χ0v) is 8.46. The maximum atomic E-state index is 13.0. The third-order valence-electron chi connectivity index (χ3n) is 2.92. The summed E-state index contributed by atoms with van der Waals surface area (Å²) in [5.74, 6) is 0.601. The van der Waals surface area contributed by atoms with Crippen LogP contribution in [0.15, 0.2) is 18.2 Å². The number of hydrogen-bond acceptors (Lipinski definition) is 1. The van der Waals surface area contributed by atoms with E-state index < -0.39 is 0 Å². The molecule has 1 aromatic rings. The molecular formula is C12H16FN. The van der Waals surface area contributed by atoms with Gasteiger partial charge in [0.15, 0.2) is 0 Å². The Kier molecular flexibility index (Phi) is 2.55. The van der Waals surface area contributed by atoms with Crippen molar-refractivity contribution in [1.29, 1.82) is 0 Å². The van der Waals surface area contributed by atoms with Gasteiger partial charge in [-0.25, -0.2) is 4.39 Å². The molecule has 0 heterocycles. The van der Waals surface area contributed by atoms with Gasteiger partial charge >= 0.3 is 0 Å². The molecule has 1 saturated carbocycles. The second-order valence-corrected chi connectivity index (χ2v) is 4.29. The molecule has 76 valence electrons. The Bertz CT molecular complexity index is 331. The van der Waals surface area contributed by atoms with Crippen LogP contribution in [0.3, 0.4) is 0 Å². The highest BCUT2D eigenvalue weighted by molar-refractivity contribution is 5.29. The van der Waals surface area contributed by atoms with Gasteiger partial charge in [-0.15, -0.1) is 0 Å². The van der Waals surface area contributed by atoms with E-state index in [2.05, 4.69) is 0 Å². The lowest BCUT2D eigenvalue weighted by Gasteiger charge is -2.14. The molecule has 0 aromatic heterocycles. The van der Waals surface area contributed by atoms with Crippen molar-refractivity contribution in [3.63, 3.8) is 0 Å². The quantitative estimate of drug-likeness (QED) is 0.784. The summed E-state index contributed by atoms with van der Waals surface area (Å²) >= 11 is 0. The van der Waals surface area contributed by atoms with Crippen molar-refractivity contribution in [2.45, 2.75) is 32.2 Å². The number of aryl methyl sites for hydroxylation is 1. The third-order valence-corrected chi connectivity index (χ3v) is 2.92. The van der Waals surface area contributed by atoms with E-state index in [1.54, 1.807) is 12.1 Å². The van der Waals surface area contributed by atoms with E-state index in [9.17, 15) is 4.39 Å². The average molecular weight is 193 g/mol. The maximum Gasteiger partial charge on any atom is 0.123 e. The van der Waals surface area contributed by atoms with Crippen molar-refractivity contribution >= 4 is 0 Å². The van der Waals surface area contributed by atoms with Crippen LogP contribution in [0, 0.1) is 18.7 Å². The van der Waals surface area contributed by atoms with Crippen LogP contribution in [0.4, 0.5) is 4.39 Å². The monoisotopic (exact) mass is 193 g/mol. The minimum absolute atomic E-state index is 0.0122. The molecule has 1 nitrogen and oxygen atoms in total. The summed E-state index contributed by atoms with van der Waals surface area (Å²) in [4.78, 5) is 0. The molecule has 1 aromatic carbocycles. The first kappa shape index (κ1) is 9.66. The molecule has 0 unspecified atom stereocenters. The van der Waals surface area contributed by atoms with Crippen LogP contribution in [-0.2, 0) is 0 Å². The van der Waals surface area contributed by atoms with E-state index in [0.717, 1.165) is 23.5 Å². The zero-order valence-electron chi connectivity index (χ0n) is 8.46. The normalized spacial score (nSPS) is 18.2. The third kappa shape index (κ3) is 2.13. The molecular weight excluding hydrogens is 177 g/mol. The van der Waals surface area contributed by atoms with Crippen LogP contribution in [0.25, 0.3) is 0 Å². The zero-order chi connectivity index (χ0) is 10.1. The fraction of sp³-hybridized carbons (Fsp3) is 0.500. The lowest BCUT2D eigenvalue weighted by atomic mass is 9.97. The minimum atomic E-state index is -0.183. The van der Waals surface area contributed by atoms with Gasteiger partial charge < -0.3 is 5.73 Å². The van der Waals surface area contributed by atoms with Crippen LogP contribution >= 0.6 is 0 Å². The molecule has 2 heteroatoms. The van der Waals surface area contributed by atoms with Crippen molar-refractivity contribution in [2.24, 2.45) is 11.7 Å². The molecule has 2 rings (SSSR count). The molecule has 0 radical (unpaired) electrons. The summed E-state index contributed by atoms with van der Waals surface area (Å²) in [7, 11) is 0. The molecule has 0 bridgehead atoms. The van der Waals surface area contributed by atoms with E-state index in [-0.39, 0.29) is 11.9 Å². The van der Waals surface area contributed by atoms with E-state index in [1.165, 1.54) is 18.9 Å². The number of halogens is 1. The van der Waals surface area contributed by atoms with Crippen molar-refractivity contribution in [3.8, 4) is 0 Å². The smallest absolute Gasteiger partial charge is 0.123 e. The van der Waals surface area contributed by atoms with Crippen LogP contribution in [0.2, 0.25) is 0 Å². The number of benzene rings is 1. The Balaban J connectivity index is 2.15. The fourth-order valence-corrected chi connectivity index (χ4v) is 1.85. The Labute approximate surface area is 84.1 Å². The second-order valence-electron chi connectivity index (χ2n) is 4.29. The van der Waals surface area contributed by atoms with Crippen LogP contribution in [0.1, 0.15) is 36.4 Å². The predicted octanol–water partition coefficient (Wildman–Crippen LogP) is 2.93. The van der Waals surface area contributed by atoms with Gasteiger partial charge in [0.25, 0.3) is 0 Å². The van der Waals surface area contributed by atoms with Gasteiger partial charge in [0.2, 0.25) is 0 Å². The maximum absolute atomic E-state index is 13.0. The van der Waals surface area contributed by atoms with Crippen molar-refractivity contribution in [3.05, 3.63) is 35.1 Å². The van der Waals surface area contributed by atoms with Gasteiger partial charge in [-0.05, 0) is 42.5 Å². The molecule has 1 aliphatic carbocycles. The van der Waals surface area contributed by atoms with E-state index >= 15 is 0 Å². The van der Waals surface area contributed by atoms with Crippen molar-refractivity contribution < 1.29 is 4.39 Å². The van der Waals surface area contributed by atoms with Gasteiger partial charge in [0.1, 0.15) is 5.82 Å². The molecule has 0 saturated heterocycles. The first-order chi connectivity index (χ1) is 6.66. The van der Waals surface area contributed by atoms with Gasteiger partial charge in [0.05, 0.1) is 0 Å². The van der Waals surface area contributed by atoms with Crippen molar-refractivity contribution in [2.75, 3.05) is 0 Å². The first-order valence-corrected chi connectivity index (χ1v) is 5.18. The first-order valence-electron chi connectivity index (χ1n) is 5.18. The van der Waals surface area contributed by atoms with Crippen LogP contribution in [0.5, 0.6) is 0 Å². The largest absolute Gasteiger partial charge is 0.324 e. The summed E-state index contributed by atoms with van der Waals surface area (Å²) in [5, 5.41) is 0. The highest BCUT2D eigenvalue weighted by Gasteiger charge is 2.25. The predicted molar refractivity (Wildman–Crippen MR) is 55.4 cm³/mol.